The first-order valence-corrected chi connectivity index (χ1v) is 12.5. The number of aromatic nitrogens is 3. The van der Waals surface area contributed by atoms with Crippen LogP contribution in [-0.2, 0) is 11.8 Å². The second kappa shape index (κ2) is 11.3. The number of urea groups is 1. The molecule has 4 aromatic rings. The van der Waals surface area contributed by atoms with E-state index in [9.17, 15) is 4.79 Å². The van der Waals surface area contributed by atoms with E-state index in [-0.39, 0.29) is 11.4 Å². The van der Waals surface area contributed by atoms with Gasteiger partial charge < -0.3 is 20.1 Å². The molecule has 0 saturated heterocycles. The Labute approximate surface area is 223 Å². The zero-order chi connectivity index (χ0) is 27.3. The average molecular weight is 512 g/mol. The molecule has 0 fully saturated rings. The van der Waals surface area contributed by atoms with Crippen LogP contribution in [0.15, 0.2) is 67.0 Å². The van der Waals surface area contributed by atoms with Crippen LogP contribution >= 0.6 is 0 Å². The van der Waals surface area contributed by atoms with E-state index in [1.807, 2.05) is 62.4 Å². The molecule has 8 heteroatoms. The zero-order valence-corrected chi connectivity index (χ0v) is 22.6. The molecule has 0 aliphatic heterocycles. The van der Waals surface area contributed by atoms with E-state index >= 15 is 0 Å². The van der Waals surface area contributed by atoms with Gasteiger partial charge in [0.1, 0.15) is 17.3 Å². The Hall–Kier alpha value is -4.46. The number of nitrogens with one attached hydrogen (secondary N) is 2. The Kier molecular flexibility index (Phi) is 7.90. The van der Waals surface area contributed by atoms with E-state index in [2.05, 4.69) is 46.4 Å². The highest BCUT2D eigenvalue weighted by atomic mass is 16.5. The number of carbonyl (C=O) groups is 1. The molecule has 2 N–H and O–H groups in total. The van der Waals surface area contributed by atoms with Crippen LogP contribution in [0.25, 0.3) is 11.3 Å². The summed E-state index contributed by atoms with van der Waals surface area (Å²) < 4.78 is 11.6. The van der Waals surface area contributed by atoms with Crippen LogP contribution in [0.1, 0.15) is 44.6 Å². The number of hydrogen-bond donors (Lipinski definition) is 2. The summed E-state index contributed by atoms with van der Waals surface area (Å²) in [6.07, 6.45) is 4.16. The summed E-state index contributed by atoms with van der Waals surface area (Å²) in [5.74, 6) is 2.42. The molecule has 2 aromatic heterocycles. The molecule has 4 rings (SSSR count). The Bertz CT molecular complexity index is 1450. The fourth-order valence-electron chi connectivity index (χ4n) is 3.89. The van der Waals surface area contributed by atoms with Gasteiger partial charge in [-0.25, -0.2) is 19.7 Å². The predicted molar refractivity (Wildman–Crippen MR) is 150 cm³/mol. The van der Waals surface area contributed by atoms with E-state index in [0.717, 1.165) is 34.6 Å². The molecule has 0 spiro atoms. The summed E-state index contributed by atoms with van der Waals surface area (Å²) in [6, 6.07) is 16.5. The fraction of sp³-hybridized carbons (Fsp3) is 0.267. The Morgan fingerprint density at radius 1 is 0.947 bits per heavy atom. The third-order valence-corrected chi connectivity index (χ3v) is 6.02. The van der Waals surface area contributed by atoms with Crippen LogP contribution in [0.4, 0.5) is 16.2 Å². The lowest BCUT2D eigenvalue weighted by molar-refractivity contribution is 0.262. The van der Waals surface area contributed by atoms with Crippen molar-refractivity contribution >= 4 is 17.4 Å². The van der Waals surface area contributed by atoms with Crippen LogP contribution in [-0.4, -0.2) is 28.1 Å². The van der Waals surface area contributed by atoms with E-state index in [0.29, 0.717) is 28.8 Å². The van der Waals surface area contributed by atoms with Crippen molar-refractivity contribution in [2.75, 3.05) is 17.7 Å². The fourth-order valence-corrected chi connectivity index (χ4v) is 3.89. The Balaban J connectivity index is 1.50. The van der Waals surface area contributed by atoms with Gasteiger partial charge in [-0.05, 0) is 72.0 Å². The van der Waals surface area contributed by atoms with E-state index in [4.69, 9.17) is 9.47 Å². The van der Waals surface area contributed by atoms with Crippen molar-refractivity contribution in [2.24, 2.45) is 0 Å². The number of nitrogens with zero attached hydrogens (tertiary/aromatic N) is 3. The van der Waals surface area contributed by atoms with Crippen LogP contribution in [0, 0.1) is 6.92 Å². The van der Waals surface area contributed by atoms with Gasteiger partial charge in [-0.3, -0.25) is 0 Å². The quantitative estimate of drug-likeness (QED) is 0.273. The third-order valence-electron chi connectivity index (χ3n) is 6.02. The molecule has 2 amide bonds. The van der Waals surface area contributed by atoms with E-state index in [1.54, 1.807) is 25.6 Å². The maximum absolute atomic E-state index is 12.8. The molecule has 8 nitrogen and oxygen atoms in total. The summed E-state index contributed by atoms with van der Waals surface area (Å²) in [7, 11) is 1.58. The standard InChI is InChI=1S/C30H33N5O3/c1-7-27-31-16-14-23(34-27)22-9-8-15-32-28(22)38-25-13-11-21(17-19(25)2)33-29(36)35-24-18-20(30(3,4)5)10-12-26(24)37-6/h8-18H,7H2,1-6H3,(H2,33,35,36). The number of hydrogen-bond acceptors (Lipinski definition) is 6. The third kappa shape index (κ3) is 6.26. The smallest absolute Gasteiger partial charge is 0.323 e. The number of ether oxygens (including phenoxy) is 2. The minimum Gasteiger partial charge on any atom is -0.495 e. The summed E-state index contributed by atoms with van der Waals surface area (Å²) >= 11 is 0. The van der Waals surface area contributed by atoms with Gasteiger partial charge in [0.2, 0.25) is 5.88 Å². The Morgan fingerprint density at radius 3 is 2.45 bits per heavy atom. The van der Waals surface area contributed by atoms with Crippen molar-refractivity contribution in [1.29, 1.82) is 0 Å². The molecule has 0 radical (unpaired) electrons. The van der Waals surface area contributed by atoms with Gasteiger partial charge in [0, 0.05) is 24.5 Å². The highest BCUT2D eigenvalue weighted by molar-refractivity contribution is 6.00. The zero-order valence-electron chi connectivity index (χ0n) is 22.6. The van der Waals surface area contributed by atoms with Gasteiger partial charge in [-0.1, -0.05) is 33.8 Å². The van der Waals surface area contributed by atoms with Crippen molar-refractivity contribution in [1.82, 2.24) is 15.0 Å². The number of methoxy groups -OCH3 is 1. The minimum atomic E-state index is -0.370. The molecule has 38 heavy (non-hydrogen) atoms. The van der Waals surface area contributed by atoms with Crippen molar-refractivity contribution in [3.63, 3.8) is 0 Å². The number of pyridine rings is 1. The van der Waals surface area contributed by atoms with Gasteiger partial charge >= 0.3 is 6.03 Å². The van der Waals surface area contributed by atoms with Crippen molar-refractivity contribution in [3.8, 4) is 28.6 Å². The topological polar surface area (TPSA) is 98.3 Å². The second-order valence-electron chi connectivity index (χ2n) is 9.89. The molecule has 0 saturated carbocycles. The maximum Gasteiger partial charge on any atom is 0.323 e. The molecular weight excluding hydrogens is 478 g/mol. The van der Waals surface area contributed by atoms with E-state index < -0.39 is 0 Å². The largest absolute Gasteiger partial charge is 0.495 e. The Morgan fingerprint density at radius 2 is 1.74 bits per heavy atom. The maximum atomic E-state index is 12.8. The average Bonchev–Trinajstić information content (AvgIpc) is 2.90. The number of rotatable bonds is 7. The first-order chi connectivity index (χ1) is 18.2. The molecule has 2 heterocycles. The summed E-state index contributed by atoms with van der Waals surface area (Å²) in [6.45, 7) is 10.3. The molecule has 196 valence electrons. The molecule has 0 bridgehead atoms. The molecule has 2 aromatic carbocycles. The second-order valence-corrected chi connectivity index (χ2v) is 9.89. The van der Waals surface area contributed by atoms with Gasteiger partial charge in [-0.15, -0.1) is 0 Å². The van der Waals surface area contributed by atoms with E-state index in [1.165, 1.54) is 0 Å². The monoisotopic (exact) mass is 511 g/mol. The first-order valence-electron chi connectivity index (χ1n) is 12.5. The molecule has 0 aliphatic carbocycles. The normalized spacial score (nSPS) is 11.1. The highest BCUT2D eigenvalue weighted by Crippen LogP contribution is 2.34. The molecular formula is C30H33N5O3. The molecule has 0 unspecified atom stereocenters. The molecule has 0 aliphatic rings. The lowest BCUT2D eigenvalue weighted by atomic mass is 9.87. The number of amides is 2. The van der Waals surface area contributed by atoms with Crippen molar-refractivity contribution < 1.29 is 14.3 Å². The van der Waals surface area contributed by atoms with Crippen LogP contribution in [0.5, 0.6) is 17.4 Å². The van der Waals surface area contributed by atoms with Gasteiger partial charge in [0.15, 0.2) is 0 Å². The van der Waals surface area contributed by atoms with Crippen molar-refractivity contribution in [3.05, 3.63) is 83.9 Å². The predicted octanol–water partition coefficient (Wildman–Crippen LogP) is 7.15. The van der Waals surface area contributed by atoms with Gasteiger partial charge in [0.25, 0.3) is 0 Å². The van der Waals surface area contributed by atoms with Crippen LogP contribution in [0.3, 0.4) is 0 Å². The number of carbonyl (C=O) groups excluding carboxylic acids is 1. The number of aryl methyl sites for hydroxylation is 2. The highest BCUT2D eigenvalue weighted by Gasteiger charge is 2.17. The first kappa shape index (κ1) is 26.6. The lowest BCUT2D eigenvalue weighted by Gasteiger charge is -2.21. The minimum absolute atomic E-state index is 0.0641. The summed E-state index contributed by atoms with van der Waals surface area (Å²) in [5, 5.41) is 5.79. The van der Waals surface area contributed by atoms with Crippen LogP contribution in [0.2, 0.25) is 0 Å². The SMILES string of the molecule is CCc1nccc(-c2cccnc2Oc2ccc(NC(=O)Nc3cc(C(C)(C)C)ccc3OC)cc2C)n1. The number of anilines is 2. The van der Waals surface area contributed by atoms with Gasteiger partial charge in [0.05, 0.1) is 24.1 Å². The summed E-state index contributed by atoms with van der Waals surface area (Å²) in [5.41, 5.74) is 4.62. The summed E-state index contributed by atoms with van der Waals surface area (Å²) in [4.78, 5) is 26.1. The van der Waals surface area contributed by atoms with Gasteiger partial charge in [-0.2, -0.15) is 0 Å². The van der Waals surface area contributed by atoms with Crippen LogP contribution < -0.4 is 20.1 Å². The lowest BCUT2D eigenvalue weighted by Crippen LogP contribution is -2.20. The number of benzene rings is 2. The van der Waals surface area contributed by atoms with Crippen molar-refractivity contribution in [2.45, 2.75) is 46.5 Å². The molecule has 0 atom stereocenters.